The fourth-order valence-electron chi connectivity index (χ4n) is 1.23. The van der Waals surface area contributed by atoms with Crippen LogP contribution in [0.5, 0.6) is 0 Å². The molecular weight excluding hydrogens is 182 g/mol. The van der Waals surface area contributed by atoms with Gasteiger partial charge in [0, 0.05) is 20.1 Å². The zero-order valence-electron chi connectivity index (χ0n) is 8.56. The predicted molar refractivity (Wildman–Crippen MR) is 50.6 cm³/mol. The Labute approximate surface area is 83.8 Å². The fourth-order valence-corrected chi connectivity index (χ4v) is 1.23. The first kappa shape index (κ1) is 10.8. The van der Waals surface area contributed by atoms with Crippen LogP contribution >= 0.6 is 0 Å². The lowest BCUT2D eigenvalue weighted by atomic mass is 10.3. The molecule has 0 aromatic rings. The Morgan fingerprint density at radius 1 is 1.57 bits per heavy atom. The molecular formula is C9H15N3O2. The zero-order valence-corrected chi connectivity index (χ0v) is 8.56. The molecule has 14 heavy (non-hydrogen) atoms. The number of hydrogen-bond donors (Lipinski definition) is 0. The van der Waals surface area contributed by atoms with Gasteiger partial charge in [-0.2, -0.15) is 5.26 Å². The number of nitrogens with zero attached hydrogens (tertiary/aromatic N) is 3. The van der Waals surface area contributed by atoms with Crippen LogP contribution in [0.1, 0.15) is 6.92 Å². The van der Waals surface area contributed by atoms with Crippen molar-refractivity contribution in [1.29, 1.82) is 5.26 Å². The molecule has 1 fully saturated rings. The molecule has 5 nitrogen and oxygen atoms in total. The zero-order chi connectivity index (χ0) is 10.6. The summed E-state index contributed by atoms with van der Waals surface area (Å²) in [7, 11) is 1.64. The largest absolute Gasteiger partial charge is 0.378 e. The summed E-state index contributed by atoms with van der Waals surface area (Å²) >= 11 is 0. The van der Waals surface area contributed by atoms with Crippen LogP contribution in [0.25, 0.3) is 0 Å². The predicted octanol–water partition coefficient (Wildman–Crippen LogP) is 0.282. The fraction of sp³-hybridized carbons (Fsp3) is 0.778. The Morgan fingerprint density at radius 3 is 2.64 bits per heavy atom. The van der Waals surface area contributed by atoms with Crippen molar-refractivity contribution in [2.75, 3.05) is 33.4 Å². The van der Waals surface area contributed by atoms with Gasteiger partial charge in [-0.3, -0.25) is 0 Å². The molecule has 0 spiro atoms. The monoisotopic (exact) mass is 197 g/mol. The van der Waals surface area contributed by atoms with E-state index in [1.54, 1.807) is 18.9 Å². The molecule has 0 aliphatic carbocycles. The van der Waals surface area contributed by atoms with Gasteiger partial charge in [-0.25, -0.2) is 4.79 Å². The summed E-state index contributed by atoms with van der Waals surface area (Å²) in [5, 5.41) is 8.67. The van der Waals surface area contributed by atoms with E-state index in [2.05, 4.69) is 0 Å². The van der Waals surface area contributed by atoms with Crippen molar-refractivity contribution in [3.8, 4) is 6.07 Å². The lowest BCUT2D eigenvalue weighted by Gasteiger charge is -2.31. The van der Waals surface area contributed by atoms with E-state index < -0.39 is 0 Å². The highest BCUT2D eigenvalue weighted by Crippen LogP contribution is 2.04. The maximum Gasteiger partial charge on any atom is 0.320 e. The van der Waals surface area contributed by atoms with E-state index in [1.807, 2.05) is 6.07 Å². The van der Waals surface area contributed by atoms with Crippen LogP contribution in [0.15, 0.2) is 0 Å². The Kier molecular flexibility index (Phi) is 3.72. The average molecular weight is 197 g/mol. The third kappa shape index (κ3) is 2.36. The first-order valence-corrected chi connectivity index (χ1v) is 4.66. The van der Waals surface area contributed by atoms with Crippen LogP contribution in [-0.4, -0.2) is 55.2 Å². The Morgan fingerprint density at radius 2 is 2.14 bits per heavy atom. The van der Waals surface area contributed by atoms with Crippen LogP contribution < -0.4 is 0 Å². The van der Waals surface area contributed by atoms with E-state index in [1.165, 1.54) is 4.90 Å². The number of urea groups is 1. The molecule has 1 unspecified atom stereocenters. The molecule has 2 amide bonds. The first-order chi connectivity index (χ1) is 6.66. The molecule has 1 rings (SSSR count). The molecule has 0 N–H and O–H groups in total. The van der Waals surface area contributed by atoms with Crippen molar-refractivity contribution in [2.45, 2.75) is 13.0 Å². The number of ether oxygens (including phenoxy) is 1. The van der Waals surface area contributed by atoms with Crippen molar-refractivity contribution < 1.29 is 9.53 Å². The Balaban J connectivity index is 2.51. The molecule has 0 aromatic heterocycles. The summed E-state index contributed by atoms with van der Waals surface area (Å²) in [6.45, 7) is 4.10. The standard InChI is InChI=1S/C9H15N3O2/c1-8(7-10)11(2)9(13)12-3-5-14-6-4-12/h8H,3-6H2,1-2H3. The second-order valence-electron chi connectivity index (χ2n) is 3.30. The molecule has 0 saturated carbocycles. The van der Waals surface area contributed by atoms with Crippen molar-refractivity contribution >= 4 is 6.03 Å². The number of rotatable bonds is 1. The van der Waals surface area contributed by atoms with Gasteiger partial charge in [-0.05, 0) is 6.92 Å². The summed E-state index contributed by atoms with van der Waals surface area (Å²) in [6, 6.07) is 1.55. The maximum absolute atomic E-state index is 11.7. The van der Waals surface area contributed by atoms with Gasteiger partial charge in [0.15, 0.2) is 0 Å². The number of carbonyl (C=O) groups excluding carboxylic acids is 1. The summed E-state index contributed by atoms with van der Waals surface area (Å²) in [5.41, 5.74) is 0. The molecule has 0 radical (unpaired) electrons. The van der Waals surface area contributed by atoms with E-state index in [-0.39, 0.29) is 12.1 Å². The van der Waals surface area contributed by atoms with Crippen LogP contribution in [0, 0.1) is 11.3 Å². The SMILES string of the molecule is CC(C#N)N(C)C(=O)N1CCOCC1. The topological polar surface area (TPSA) is 56.6 Å². The smallest absolute Gasteiger partial charge is 0.320 e. The van der Waals surface area contributed by atoms with E-state index in [0.29, 0.717) is 26.3 Å². The molecule has 5 heteroatoms. The minimum absolute atomic E-state index is 0.0950. The normalized spacial score (nSPS) is 18.5. The van der Waals surface area contributed by atoms with Crippen LogP contribution in [-0.2, 0) is 4.74 Å². The maximum atomic E-state index is 11.7. The van der Waals surface area contributed by atoms with E-state index in [9.17, 15) is 4.79 Å². The minimum Gasteiger partial charge on any atom is -0.378 e. The van der Waals surface area contributed by atoms with Crippen molar-refractivity contribution in [3.05, 3.63) is 0 Å². The molecule has 1 aliphatic heterocycles. The number of amides is 2. The summed E-state index contributed by atoms with van der Waals surface area (Å²) < 4.78 is 5.14. The number of nitriles is 1. The third-order valence-electron chi connectivity index (χ3n) is 2.35. The minimum atomic E-state index is -0.384. The van der Waals surface area contributed by atoms with Gasteiger partial charge in [0.2, 0.25) is 0 Å². The Bertz CT molecular complexity index is 243. The molecule has 78 valence electrons. The van der Waals surface area contributed by atoms with Crippen LogP contribution in [0.3, 0.4) is 0 Å². The van der Waals surface area contributed by atoms with Gasteiger partial charge in [0.1, 0.15) is 6.04 Å². The second kappa shape index (κ2) is 4.82. The number of hydrogen-bond acceptors (Lipinski definition) is 3. The van der Waals surface area contributed by atoms with Crippen molar-refractivity contribution in [2.24, 2.45) is 0 Å². The van der Waals surface area contributed by atoms with Gasteiger partial charge >= 0.3 is 6.03 Å². The van der Waals surface area contributed by atoms with Crippen LogP contribution in [0.2, 0.25) is 0 Å². The average Bonchev–Trinajstić information content (AvgIpc) is 2.27. The quantitative estimate of drug-likeness (QED) is 0.606. The molecule has 1 aliphatic rings. The Hall–Kier alpha value is -1.28. The summed E-state index contributed by atoms with van der Waals surface area (Å²) in [6.07, 6.45) is 0. The van der Waals surface area contributed by atoms with E-state index in [0.717, 1.165) is 0 Å². The number of morpholine rings is 1. The van der Waals surface area contributed by atoms with E-state index in [4.69, 9.17) is 10.00 Å². The van der Waals surface area contributed by atoms with Crippen molar-refractivity contribution in [3.63, 3.8) is 0 Å². The molecule has 0 aromatic carbocycles. The highest BCUT2D eigenvalue weighted by molar-refractivity contribution is 5.74. The lowest BCUT2D eigenvalue weighted by molar-refractivity contribution is 0.0441. The second-order valence-corrected chi connectivity index (χ2v) is 3.30. The highest BCUT2D eigenvalue weighted by Gasteiger charge is 2.23. The van der Waals surface area contributed by atoms with Gasteiger partial charge in [0.05, 0.1) is 19.3 Å². The van der Waals surface area contributed by atoms with E-state index >= 15 is 0 Å². The summed E-state index contributed by atoms with van der Waals surface area (Å²) in [5.74, 6) is 0. The van der Waals surface area contributed by atoms with Gasteiger partial charge in [0.25, 0.3) is 0 Å². The third-order valence-corrected chi connectivity index (χ3v) is 2.35. The van der Waals surface area contributed by atoms with Crippen molar-refractivity contribution in [1.82, 2.24) is 9.80 Å². The van der Waals surface area contributed by atoms with Gasteiger partial charge < -0.3 is 14.5 Å². The summed E-state index contributed by atoms with van der Waals surface area (Å²) in [4.78, 5) is 14.9. The molecule has 0 bridgehead atoms. The molecule has 1 heterocycles. The first-order valence-electron chi connectivity index (χ1n) is 4.66. The van der Waals surface area contributed by atoms with Gasteiger partial charge in [-0.1, -0.05) is 0 Å². The molecule has 1 saturated heterocycles. The number of carbonyl (C=O) groups is 1. The molecule has 1 atom stereocenters. The van der Waals surface area contributed by atoms with Crippen LogP contribution in [0.4, 0.5) is 4.79 Å². The highest BCUT2D eigenvalue weighted by atomic mass is 16.5. The lowest BCUT2D eigenvalue weighted by Crippen LogP contribution is -2.49. The van der Waals surface area contributed by atoms with Gasteiger partial charge in [-0.15, -0.1) is 0 Å².